The summed E-state index contributed by atoms with van der Waals surface area (Å²) in [6, 6.07) is 16.9. The fourth-order valence-electron chi connectivity index (χ4n) is 4.29. The van der Waals surface area contributed by atoms with Gasteiger partial charge in [0.1, 0.15) is 16.9 Å². The van der Waals surface area contributed by atoms with Gasteiger partial charge in [0.2, 0.25) is 6.79 Å². The molecule has 3 aromatic carbocycles. The van der Waals surface area contributed by atoms with Gasteiger partial charge in [0.05, 0.1) is 16.6 Å². The highest BCUT2D eigenvalue weighted by Crippen LogP contribution is 2.35. The number of fused-ring (bicyclic) bond motifs is 3. The molecule has 0 spiro atoms. The predicted octanol–water partition coefficient (Wildman–Crippen LogP) is 4.83. The van der Waals surface area contributed by atoms with E-state index >= 15 is 0 Å². The highest BCUT2D eigenvalue weighted by atomic mass is 19.4. The number of benzene rings is 3. The number of halogens is 3. The third-order valence-electron chi connectivity index (χ3n) is 6.05. The van der Waals surface area contributed by atoms with Crippen molar-refractivity contribution in [2.24, 2.45) is 0 Å². The zero-order valence-corrected chi connectivity index (χ0v) is 19.0. The molecule has 0 aliphatic carbocycles. The lowest BCUT2D eigenvalue weighted by Gasteiger charge is -2.12. The van der Waals surface area contributed by atoms with Crippen LogP contribution in [0.2, 0.25) is 0 Å². The molecule has 3 N–H and O–H groups in total. The van der Waals surface area contributed by atoms with Gasteiger partial charge in [0.15, 0.2) is 17.1 Å². The number of aromatic nitrogens is 3. The molecule has 1 aliphatic rings. The largest absolute Gasteiger partial charge is 0.454 e. The number of hydrogen-bond acceptors (Lipinski definition) is 6. The number of alkyl halides is 3. The van der Waals surface area contributed by atoms with Crippen LogP contribution in [0, 0.1) is 0 Å². The van der Waals surface area contributed by atoms with Gasteiger partial charge in [-0.25, -0.2) is 9.97 Å². The minimum absolute atomic E-state index is 0.0198. The number of para-hydroxylation sites is 2. The maximum atomic E-state index is 13.4. The molecule has 8 nitrogen and oxygen atoms in total. The Morgan fingerprint density at radius 2 is 1.73 bits per heavy atom. The second-order valence-electron chi connectivity index (χ2n) is 8.40. The van der Waals surface area contributed by atoms with Crippen LogP contribution in [-0.2, 0) is 12.7 Å². The summed E-state index contributed by atoms with van der Waals surface area (Å²) in [7, 11) is 0. The number of rotatable bonds is 4. The summed E-state index contributed by atoms with van der Waals surface area (Å²) in [5.41, 5.74) is 7.82. The molecule has 6 rings (SSSR count). The number of hydrogen-bond donors (Lipinski definition) is 2. The average Bonchev–Trinajstić information content (AvgIpc) is 3.46. The Morgan fingerprint density at radius 3 is 2.51 bits per heavy atom. The fourth-order valence-corrected chi connectivity index (χ4v) is 4.29. The van der Waals surface area contributed by atoms with E-state index in [4.69, 9.17) is 15.2 Å². The van der Waals surface area contributed by atoms with Gasteiger partial charge in [-0.05, 0) is 48.0 Å². The predicted molar refractivity (Wildman–Crippen MR) is 130 cm³/mol. The van der Waals surface area contributed by atoms with Crippen molar-refractivity contribution in [3.05, 3.63) is 83.4 Å². The summed E-state index contributed by atoms with van der Waals surface area (Å²) in [4.78, 5) is 22.6. The Morgan fingerprint density at radius 1 is 0.973 bits per heavy atom. The van der Waals surface area contributed by atoms with Crippen molar-refractivity contribution in [1.29, 1.82) is 0 Å². The molecular formula is C26H18F3N5O3. The summed E-state index contributed by atoms with van der Waals surface area (Å²) in [5.74, 6) is 0.568. The lowest BCUT2D eigenvalue weighted by Crippen LogP contribution is -2.24. The molecule has 186 valence electrons. The highest BCUT2D eigenvalue weighted by Gasteiger charge is 2.31. The Bertz CT molecular complexity index is 1700. The molecular weight excluding hydrogens is 487 g/mol. The Hall–Kier alpha value is -4.80. The van der Waals surface area contributed by atoms with Gasteiger partial charge in [-0.2, -0.15) is 13.2 Å². The minimum atomic E-state index is -4.56. The molecule has 0 atom stereocenters. The van der Waals surface area contributed by atoms with E-state index < -0.39 is 17.6 Å². The number of nitrogens with one attached hydrogen (secondary N) is 1. The van der Waals surface area contributed by atoms with Gasteiger partial charge < -0.3 is 20.5 Å². The summed E-state index contributed by atoms with van der Waals surface area (Å²) < 4.78 is 52.3. The Kier molecular flexibility index (Phi) is 5.14. The van der Waals surface area contributed by atoms with Crippen LogP contribution >= 0.6 is 0 Å². The van der Waals surface area contributed by atoms with E-state index in [1.54, 1.807) is 42.5 Å². The van der Waals surface area contributed by atoms with Crippen molar-refractivity contribution in [3.63, 3.8) is 0 Å². The summed E-state index contributed by atoms with van der Waals surface area (Å²) in [6.07, 6.45) is -4.56. The molecule has 0 radical (unpaired) electrons. The Labute approximate surface area is 207 Å². The molecule has 37 heavy (non-hydrogen) atoms. The number of amides is 1. The van der Waals surface area contributed by atoms with Gasteiger partial charge in [0, 0.05) is 12.2 Å². The number of carbonyl (C=O) groups excluding carboxylic acids is 1. The summed E-state index contributed by atoms with van der Waals surface area (Å²) >= 11 is 0. The molecule has 11 heteroatoms. The maximum Gasteiger partial charge on any atom is 0.416 e. The van der Waals surface area contributed by atoms with E-state index in [0.29, 0.717) is 22.5 Å². The number of nitrogens with two attached hydrogens (primary N) is 1. The summed E-state index contributed by atoms with van der Waals surface area (Å²) in [6.45, 7) is 0.273. The number of nitrogens with zero attached hydrogens (tertiary/aromatic N) is 3. The first-order valence-corrected chi connectivity index (χ1v) is 11.2. The molecule has 0 saturated heterocycles. The standard InChI is InChI=1S/C26H18F3N5O3/c27-26(28,29)15-4-3-5-16(11-15)34-23(30)21(22-24(34)33-18-7-2-1-6-17(18)32-22)25(35)31-12-14-8-9-19-20(10-14)37-13-36-19/h1-11H,12-13,30H2,(H,31,35). The van der Waals surface area contributed by atoms with Gasteiger partial charge in [-0.3, -0.25) is 9.36 Å². The Balaban J connectivity index is 1.46. The van der Waals surface area contributed by atoms with E-state index in [-0.39, 0.29) is 41.6 Å². The lowest BCUT2D eigenvalue weighted by molar-refractivity contribution is -0.137. The average molecular weight is 505 g/mol. The van der Waals surface area contributed by atoms with Crippen LogP contribution in [-0.4, -0.2) is 27.2 Å². The summed E-state index contributed by atoms with van der Waals surface area (Å²) in [5, 5.41) is 2.81. The van der Waals surface area contributed by atoms with Crippen molar-refractivity contribution in [2.75, 3.05) is 12.5 Å². The third-order valence-corrected chi connectivity index (χ3v) is 6.05. The van der Waals surface area contributed by atoms with Gasteiger partial charge >= 0.3 is 6.18 Å². The van der Waals surface area contributed by atoms with Crippen molar-refractivity contribution >= 4 is 33.9 Å². The third kappa shape index (κ3) is 3.94. The number of ether oxygens (including phenoxy) is 2. The lowest BCUT2D eigenvalue weighted by atomic mass is 10.2. The quantitative estimate of drug-likeness (QED) is 0.363. The van der Waals surface area contributed by atoms with Crippen LogP contribution < -0.4 is 20.5 Å². The first kappa shape index (κ1) is 22.7. The van der Waals surface area contributed by atoms with Crippen LogP contribution in [0.4, 0.5) is 19.0 Å². The second-order valence-corrected chi connectivity index (χ2v) is 8.40. The molecule has 3 heterocycles. The monoisotopic (exact) mass is 505 g/mol. The second kappa shape index (κ2) is 8.40. The minimum Gasteiger partial charge on any atom is -0.454 e. The zero-order chi connectivity index (χ0) is 25.7. The van der Waals surface area contributed by atoms with E-state index in [1.807, 2.05) is 0 Å². The first-order chi connectivity index (χ1) is 17.8. The molecule has 2 aromatic heterocycles. The molecule has 0 bridgehead atoms. The fraction of sp³-hybridized carbons (Fsp3) is 0.115. The SMILES string of the molecule is Nc1c(C(=O)NCc2ccc3c(c2)OCO3)c2nc3ccccc3nc2n1-c1cccc(C(F)(F)F)c1. The van der Waals surface area contributed by atoms with Crippen molar-refractivity contribution in [2.45, 2.75) is 12.7 Å². The number of nitrogen functional groups attached to an aromatic ring is 1. The molecule has 1 amide bonds. The van der Waals surface area contributed by atoms with Gasteiger partial charge in [-0.1, -0.05) is 24.3 Å². The highest BCUT2D eigenvalue weighted by molar-refractivity contribution is 6.11. The van der Waals surface area contributed by atoms with Crippen LogP contribution in [0.1, 0.15) is 21.5 Å². The van der Waals surface area contributed by atoms with Crippen molar-refractivity contribution < 1.29 is 27.4 Å². The van der Waals surface area contributed by atoms with Gasteiger partial charge in [0.25, 0.3) is 5.91 Å². The zero-order valence-electron chi connectivity index (χ0n) is 19.0. The van der Waals surface area contributed by atoms with E-state index in [1.165, 1.54) is 16.7 Å². The van der Waals surface area contributed by atoms with Gasteiger partial charge in [-0.15, -0.1) is 0 Å². The first-order valence-electron chi connectivity index (χ1n) is 11.2. The van der Waals surface area contributed by atoms with E-state index in [2.05, 4.69) is 15.3 Å². The van der Waals surface area contributed by atoms with E-state index in [9.17, 15) is 18.0 Å². The molecule has 5 aromatic rings. The van der Waals surface area contributed by atoms with Crippen LogP contribution in [0.5, 0.6) is 11.5 Å². The normalized spacial score (nSPS) is 12.8. The van der Waals surface area contributed by atoms with Crippen LogP contribution in [0.3, 0.4) is 0 Å². The van der Waals surface area contributed by atoms with E-state index in [0.717, 1.165) is 17.7 Å². The smallest absolute Gasteiger partial charge is 0.416 e. The molecule has 0 fully saturated rings. The topological polar surface area (TPSA) is 104 Å². The van der Waals surface area contributed by atoms with Crippen molar-refractivity contribution in [1.82, 2.24) is 19.9 Å². The maximum absolute atomic E-state index is 13.4. The number of anilines is 1. The van der Waals surface area contributed by atoms with Crippen molar-refractivity contribution in [3.8, 4) is 17.2 Å². The molecule has 1 aliphatic heterocycles. The van der Waals surface area contributed by atoms with Crippen LogP contribution in [0.15, 0.2) is 66.7 Å². The van der Waals surface area contributed by atoms with Crippen LogP contribution in [0.25, 0.3) is 27.9 Å². The number of carbonyl (C=O) groups is 1. The molecule has 0 unspecified atom stereocenters. The molecule has 0 saturated carbocycles.